The Labute approximate surface area is 150 Å². The highest BCUT2D eigenvalue weighted by atomic mass is 35.5. The Balaban J connectivity index is 1.66. The quantitative estimate of drug-likeness (QED) is 0.504. The number of nitrogens with zero attached hydrogens (tertiary/aromatic N) is 2. The lowest BCUT2D eigenvalue weighted by Crippen LogP contribution is -2.13. The molecule has 1 aromatic heterocycles. The second kappa shape index (κ2) is 7.17. The smallest absolute Gasteiger partial charge is 0.378 e. The zero-order valence-electron chi connectivity index (χ0n) is 13.0. The van der Waals surface area contributed by atoms with Gasteiger partial charge < -0.3 is 9.84 Å². The zero-order chi connectivity index (χ0) is 18.7. The first-order chi connectivity index (χ1) is 12.3. The topological polar surface area (TPSA) is 68.0 Å². The number of aromatic nitrogens is 2. The Bertz CT molecular complexity index is 906. The Morgan fingerprint density at radius 1 is 1.12 bits per heavy atom. The summed E-state index contributed by atoms with van der Waals surface area (Å²) in [6, 6.07) is 11.6. The van der Waals surface area contributed by atoms with Gasteiger partial charge in [0, 0.05) is 16.8 Å². The number of hydrogen-bond acceptors (Lipinski definition) is 5. The van der Waals surface area contributed by atoms with Crippen LogP contribution in [0.25, 0.3) is 11.4 Å². The van der Waals surface area contributed by atoms with Crippen molar-refractivity contribution in [3.63, 3.8) is 0 Å². The van der Waals surface area contributed by atoms with Gasteiger partial charge in [0.1, 0.15) is 5.82 Å². The van der Waals surface area contributed by atoms with Crippen molar-refractivity contribution in [1.82, 2.24) is 10.1 Å². The molecule has 0 atom stereocenters. The van der Waals surface area contributed by atoms with Crippen LogP contribution in [-0.4, -0.2) is 22.5 Å². The van der Waals surface area contributed by atoms with E-state index in [-0.39, 0.29) is 24.0 Å². The molecule has 0 amide bonds. The van der Waals surface area contributed by atoms with Crippen molar-refractivity contribution in [1.29, 1.82) is 0 Å². The van der Waals surface area contributed by atoms with Crippen LogP contribution in [0.2, 0.25) is 0 Å². The van der Waals surface area contributed by atoms with Crippen molar-refractivity contribution >= 4 is 23.1 Å². The van der Waals surface area contributed by atoms with E-state index in [1.54, 1.807) is 0 Å². The molecule has 1 heterocycles. The van der Waals surface area contributed by atoms with Gasteiger partial charge in [-0.3, -0.25) is 4.79 Å². The second-order valence-corrected chi connectivity index (χ2v) is 5.76. The minimum absolute atomic E-state index is 0.00973. The van der Waals surface area contributed by atoms with Crippen molar-refractivity contribution in [3.05, 3.63) is 65.8 Å². The summed E-state index contributed by atoms with van der Waals surface area (Å²) < 4.78 is 43.0. The van der Waals surface area contributed by atoms with Crippen molar-refractivity contribution in [2.45, 2.75) is 5.38 Å². The maximum atomic E-state index is 12.9. The number of carbonyl (C=O) groups excluding carboxylic acids is 1. The van der Waals surface area contributed by atoms with Gasteiger partial charge in [0.2, 0.25) is 5.82 Å². The molecular formula is C17H11ClF3N3O2. The van der Waals surface area contributed by atoms with Crippen LogP contribution in [-0.2, 0) is 5.38 Å². The summed E-state index contributed by atoms with van der Waals surface area (Å²) >= 11 is 4.82. The van der Waals surface area contributed by atoms with Gasteiger partial charge in [0.15, 0.2) is 5.78 Å². The Morgan fingerprint density at radius 3 is 2.35 bits per heavy atom. The van der Waals surface area contributed by atoms with Gasteiger partial charge in [-0.2, -0.15) is 13.8 Å². The van der Waals surface area contributed by atoms with Crippen molar-refractivity contribution in [2.24, 2.45) is 0 Å². The molecule has 0 unspecified atom stereocenters. The highest BCUT2D eigenvalue weighted by Gasteiger charge is 2.35. The predicted molar refractivity (Wildman–Crippen MR) is 88.7 cm³/mol. The summed E-state index contributed by atoms with van der Waals surface area (Å²) in [7, 11) is 0. The Kier molecular flexibility index (Phi) is 4.94. The molecule has 0 bridgehead atoms. The van der Waals surface area contributed by atoms with Crippen LogP contribution in [0.4, 0.5) is 18.9 Å². The Morgan fingerprint density at radius 2 is 1.77 bits per heavy atom. The number of nitrogens with one attached hydrogen (secondary N) is 1. The van der Waals surface area contributed by atoms with Gasteiger partial charge >= 0.3 is 11.3 Å². The summed E-state index contributed by atoms with van der Waals surface area (Å²) in [6.45, 7) is 0.00973. The standard InChI is InChI=1S/C17H11ClF3N3O2/c18-17(20,21)16-23-15(24-26-16)11-3-1-10(2-4-11)14(25)9-22-13-7-5-12(19)6-8-13/h1-8,22H,9H2. The van der Waals surface area contributed by atoms with Gasteiger partial charge in [0.05, 0.1) is 6.54 Å². The van der Waals surface area contributed by atoms with Crippen molar-refractivity contribution in [2.75, 3.05) is 11.9 Å². The molecule has 9 heteroatoms. The average Bonchev–Trinajstić information content (AvgIpc) is 3.12. The van der Waals surface area contributed by atoms with Crippen LogP contribution >= 0.6 is 11.6 Å². The molecule has 0 saturated carbocycles. The van der Waals surface area contributed by atoms with Gasteiger partial charge in [-0.15, -0.1) is 0 Å². The van der Waals surface area contributed by atoms with Crippen LogP contribution in [0.15, 0.2) is 53.1 Å². The molecule has 0 aliphatic carbocycles. The van der Waals surface area contributed by atoms with Gasteiger partial charge in [-0.1, -0.05) is 29.4 Å². The van der Waals surface area contributed by atoms with E-state index in [1.165, 1.54) is 48.5 Å². The van der Waals surface area contributed by atoms with E-state index in [0.29, 0.717) is 16.8 Å². The normalized spacial score (nSPS) is 11.4. The van der Waals surface area contributed by atoms with Crippen molar-refractivity contribution in [3.8, 4) is 11.4 Å². The van der Waals surface area contributed by atoms with E-state index in [1.807, 2.05) is 0 Å². The summed E-state index contributed by atoms with van der Waals surface area (Å²) in [6.07, 6.45) is 0. The minimum Gasteiger partial charge on any atom is -0.378 e. The van der Waals surface area contributed by atoms with Gasteiger partial charge in [-0.25, -0.2) is 4.39 Å². The molecule has 0 aliphatic heterocycles. The molecule has 5 nitrogen and oxygen atoms in total. The molecule has 2 aromatic carbocycles. The fourth-order valence-electron chi connectivity index (χ4n) is 2.11. The molecule has 3 rings (SSSR count). The number of carbonyl (C=O) groups is 1. The molecule has 1 N–H and O–H groups in total. The first-order valence-electron chi connectivity index (χ1n) is 7.37. The number of halogens is 4. The van der Waals surface area contributed by atoms with Crippen LogP contribution in [0, 0.1) is 5.82 Å². The monoisotopic (exact) mass is 381 g/mol. The average molecular weight is 382 g/mol. The molecule has 0 aliphatic rings. The van der Waals surface area contributed by atoms with Crippen LogP contribution in [0.1, 0.15) is 16.2 Å². The molecule has 3 aromatic rings. The van der Waals surface area contributed by atoms with Crippen molar-refractivity contribution < 1.29 is 22.5 Å². The lowest BCUT2D eigenvalue weighted by Gasteiger charge is -2.06. The molecule has 26 heavy (non-hydrogen) atoms. The molecule has 0 fully saturated rings. The second-order valence-electron chi connectivity index (χ2n) is 5.28. The zero-order valence-corrected chi connectivity index (χ0v) is 13.8. The number of hydrogen-bond donors (Lipinski definition) is 1. The van der Waals surface area contributed by atoms with E-state index >= 15 is 0 Å². The van der Waals surface area contributed by atoms with E-state index in [9.17, 15) is 18.0 Å². The lowest BCUT2D eigenvalue weighted by molar-refractivity contribution is 0.0551. The van der Waals surface area contributed by atoms with E-state index in [0.717, 1.165) is 0 Å². The predicted octanol–water partition coefficient (Wildman–Crippen LogP) is 4.46. The van der Waals surface area contributed by atoms with Crippen LogP contribution < -0.4 is 5.32 Å². The maximum Gasteiger partial charge on any atom is 0.400 e. The fourth-order valence-corrected chi connectivity index (χ4v) is 2.19. The highest BCUT2D eigenvalue weighted by molar-refractivity contribution is 6.21. The first kappa shape index (κ1) is 17.9. The SMILES string of the molecule is O=C(CNc1ccc(F)cc1)c1ccc(-c2noc(C(F)(F)Cl)n2)cc1. The molecule has 0 saturated heterocycles. The summed E-state index contributed by atoms with van der Waals surface area (Å²) in [5, 5.41) is 2.57. The lowest BCUT2D eigenvalue weighted by atomic mass is 10.1. The third-order valence-corrected chi connectivity index (χ3v) is 3.59. The van der Waals surface area contributed by atoms with E-state index < -0.39 is 11.3 Å². The number of anilines is 1. The number of rotatable bonds is 6. The molecule has 0 spiro atoms. The van der Waals surface area contributed by atoms with Gasteiger partial charge in [0.25, 0.3) is 0 Å². The third kappa shape index (κ3) is 4.20. The maximum absolute atomic E-state index is 12.9. The van der Waals surface area contributed by atoms with E-state index in [2.05, 4.69) is 20.0 Å². The van der Waals surface area contributed by atoms with Gasteiger partial charge in [-0.05, 0) is 35.9 Å². The van der Waals surface area contributed by atoms with Crippen LogP contribution in [0.3, 0.4) is 0 Å². The largest absolute Gasteiger partial charge is 0.400 e. The Hall–Kier alpha value is -2.87. The first-order valence-corrected chi connectivity index (χ1v) is 7.75. The molecule has 0 radical (unpaired) electrons. The summed E-state index contributed by atoms with van der Waals surface area (Å²) in [5.41, 5.74) is 1.40. The fraction of sp³-hybridized carbons (Fsp3) is 0.118. The molecule has 134 valence electrons. The number of Topliss-reactive ketones (excluding diaryl/α,β-unsaturated/α-hetero) is 1. The minimum atomic E-state index is -3.74. The number of alkyl halides is 3. The highest BCUT2D eigenvalue weighted by Crippen LogP contribution is 2.32. The number of ketones is 1. The summed E-state index contributed by atoms with van der Waals surface area (Å²) in [4.78, 5) is 15.7. The van der Waals surface area contributed by atoms with Crippen LogP contribution in [0.5, 0.6) is 0 Å². The molecular weight excluding hydrogens is 371 g/mol. The number of benzene rings is 2. The van der Waals surface area contributed by atoms with E-state index in [4.69, 9.17) is 11.6 Å². The third-order valence-electron chi connectivity index (χ3n) is 3.43. The summed E-state index contributed by atoms with van der Waals surface area (Å²) in [5.74, 6) is -1.64.